The van der Waals surface area contributed by atoms with Gasteiger partial charge in [-0.15, -0.1) is 11.3 Å². The summed E-state index contributed by atoms with van der Waals surface area (Å²) in [5, 5.41) is 0. The minimum absolute atomic E-state index is 0.779. The van der Waals surface area contributed by atoms with Crippen molar-refractivity contribution in [3.8, 4) is 10.4 Å². The molecule has 0 saturated heterocycles. The Morgan fingerprint density at radius 1 is 1.21 bits per heavy atom. The Balaban J connectivity index is 2.43. The largest absolute Gasteiger partial charge is 0.297 e. The van der Waals surface area contributed by atoms with Gasteiger partial charge in [-0.3, -0.25) is 4.79 Å². The molecule has 0 amide bonds. The van der Waals surface area contributed by atoms with Gasteiger partial charge in [0.15, 0.2) is 6.29 Å². The molecule has 70 valence electrons. The lowest BCUT2D eigenvalue weighted by atomic mass is 10.1. The third-order valence-corrected chi connectivity index (χ3v) is 3.11. The van der Waals surface area contributed by atoms with Crippen LogP contribution in [0.4, 0.5) is 0 Å². The smallest absolute Gasteiger partial charge is 0.160 e. The fourth-order valence-electron chi connectivity index (χ4n) is 1.37. The van der Waals surface area contributed by atoms with Crippen molar-refractivity contribution >= 4 is 17.6 Å². The Bertz CT molecular complexity index is 457. The second-order valence-electron chi connectivity index (χ2n) is 3.19. The van der Waals surface area contributed by atoms with Crippen molar-refractivity contribution in [2.24, 2.45) is 0 Å². The summed E-state index contributed by atoms with van der Waals surface area (Å²) in [6.07, 6.45) is 0.893. The molecule has 0 N–H and O–H groups in total. The summed E-state index contributed by atoms with van der Waals surface area (Å²) in [6, 6.07) is 12.1. The highest BCUT2D eigenvalue weighted by Crippen LogP contribution is 2.27. The molecule has 0 unspecified atom stereocenters. The molecule has 0 aliphatic heterocycles. The summed E-state index contributed by atoms with van der Waals surface area (Å²) in [6.45, 7) is 2.07. The lowest BCUT2D eigenvalue weighted by molar-refractivity contribution is 0.112. The minimum atomic E-state index is 0.779. The van der Waals surface area contributed by atoms with Crippen LogP contribution in [0, 0.1) is 6.92 Å². The standard InChI is InChI=1S/C12H10OS/c1-9-3-2-4-10(7-9)12-6-5-11(8-13)14-12/h2-8H,1H3. The number of aryl methyl sites for hydroxylation is 1. The predicted molar refractivity (Wildman–Crippen MR) is 59.9 cm³/mol. The highest BCUT2D eigenvalue weighted by molar-refractivity contribution is 7.17. The van der Waals surface area contributed by atoms with E-state index in [1.165, 1.54) is 22.5 Å². The monoisotopic (exact) mass is 202 g/mol. The minimum Gasteiger partial charge on any atom is -0.297 e. The number of carbonyl (C=O) groups is 1. The number of carbonyl (C=O) groups excluding carboxylic acids is 1. The number of hydrogen-bond acceptors (Lipinski definition) is 2. The van der Waals surface area contributed by atoms with E-state index in [-0.39, 0.29) is 0 Å². The Hall–Kier alpha value is -1.41. The van der Waals surface area contributed by atoms with Gasteiger partial charge in [0.25, 0.3) is 0 Å². The van der Waals surface area contributed by atoms with Crippen molar-refractivity contribution in [2.45, 2.75) is 6.92 Å². The van der Waals surface area contributed by atoms with E-state index in [0.717, 1.165) is 16.0 Å². The first-order valence-electron chi connectivity index (χ1n) is 4.41. The fourth-order valence-corrected chi connectivity index (χ4v) is 2.19. The molecule has 0 atom stereocenters. The van der Waals surface area contributed by atoms with E-state index in [1.807, 2.05) is 18.2 Å². The average molecular weight is 202 g/mol. The maximum absolute atomic E-state index is 10.5. The topological polar surface area (TPSA) is 17.1 Å². The summed E-state index contributed by atoms with van der Waals surface area (Å²) in [4.78, 5) is 12.5. The van der Waals surface area contributed by atoms with Gasteiger partial charge in [0.2, 0.25) is 0 Å². The number of aldehydes is 1. The molecule has 0 aliphatic carbocycles. The number of rotatable bonds is 2. The molecule has 2 rings (SSSR count). The average Bonchev–Trinajstić information content (AvgIpc) is 2.66. The van der Waals surface area contributed by atoms with Crippen molar-refractivity contribution in [2.75, 3.05) is 0 Å². The molecular weight excluding hydrogens is 192 g/mol. The van der Waals surface area contributed by atoms with Crippen LogP contribution in [-0.2, 0) is 0 Å². The van der Waals surface area contributed by atoms with Gasteiger partial charge >= 0.3 is 0 Å². The molecule has 2 aromatic rings. The van der Waals surface area contributed by atoms with E-state index in [2.05, 4.69) is 25.1 Å². The van der Waals surface area contributed by atoms with Crippen molar-refractivity contribution in [3.05, 3.63) is 46.8 Å². The Morgan fingerprint density at radius 3 is 2.71 bits per heavy atom. The van der Waals surface area contributed by atoms with Crippen LogP contribution in [0.3, 0.4) is 0 Å². The fraction of sp³-hybridized carbons (Fsp3) is 0.0833. The zero-order chi connectivity index (χ0) is 9.97. The third-order valence-electron chi connectivity index (χ3n) is 2.05. The van der Waals surface area contributed by atoms with Gasteiger partial charge < -0.3 is 0 Å². The van der Waals surface area contributed by atoms with Crippen LogP contribution in [0.15, 0.2) is 36.4 Å². The van der Waals surface area contributed by atoms with E-state index in [9.17, 15) is 4.79 Å². The Morgan fingerprint density at radius 2 is 2.07 bits per heavy atom. The normalized spacial score (nSPS) is 10.1. The Labute approximate surface area is 87.0 Å². The molecule has 14 heavy (non-hydrogen) atoms. The highest BCUT2D eigenvalue weighted by Gasteiger charge is 2.01. The number of hydrogen-bond donors (Lipinski definition) is 0. The van der Waals surface area contributed by atoms with Crippen molar-refractivity contribution < 1.29 is 4.79 Å². The highest BCUT2D eigenvalue weighted by atomic mass is 32.1. The van der Waals surface area contributed by atoms with Crippen LogP contribution in [0.5, 0.6) is 0 Å². The number of thiophene rings is 1. The van der Waals surface area contributed by atoms with Gasteiger partial charge in [-0.25, -0.2) is 0 Å². The van der Waals surface area contributed by atoms with Crippen LogP contribution in [-0.4, -0.2) is 6.29 Å². The van der Waals surface area contributed by atoms with Gasteiger partial charge in [0.1, 0.15) is 0 Å². The molecule has 1 nitrogen and oxygen atoms in total. The zero-order valence-electron chi connectivity index (χ0n) is 7.86. The van der Waals surface area contributed by atoms with Crippen LogP contribution in [0.1, 0.15) is 15.2 Å². The number of benzene rings is 1. The van der Waals surface area contributed by atoms with Crippen molar-refractivity contribution in [1.82, 2.24) is 0 Å². The summed E-state index contributed by atoms with van der Waals surface area (Å²) in [5.41, 5.74) is 2.42. The lowest BCUT2D eigenvalue weighted by Gasteiger charge is -1.97. The second-order valence-corrected chi connectivity index (χ2v) is 4.30. The van der Waals surface area contributed by atoms with Crippen LogP contribution in [0.2, 0.25) is 0 Å². The summed E-state index contributed by atoms with van der Waals surface area (Å²) < 4.78 is 0. The molecule has 1 heterocycles. The molecule has 0 radical (unpaired) electrons. The first-order chi connectivity index (χ1) is 6.79. The first-order valence-corrected chi connectivity index (χ1v) is 5.23. The maximum atomic E-state index is 10.5. The van der Waals surface area contributed by atoms with E-state index in [0.29, 0.717) is 0 Å². The van der Waals surface area contributed by atoms with Crippen molar-refractivity contribution in [1.29, 1.82) is 0 Å². The van der Waals surface area contributed by atoms with Gasteiger partial charge in [-0.05, 0) is 24.6 Å². The molecule has 1 aromatic heterocycles. The molecular formula is C12H10OS. The molecule has 1 aromatic carbocycles. The van der Waals surface area contributed by atoms with Gasteiger partial charge in [-0.1, -0.05) is 29.8 Å². The van der Waals surface area contributed by atoms with Gasteiger partial charge in [0, 0.05) is 4.88 Å². The third kappa shape index (κ3) is 1.75. The lowest BCUT2D eigenvalue weighted by Crippen LogP contribution is -1.73. The summed E-state index contributed by atoms with van der Waals surface area (Å²) >= 11 is 1.53. The second kappa shape index (κ2) is 3.76. The molecule has 2 heteroatoms. The predicted octanol–water partition coefficient (Wildman–Crippen LogP) is 3.54. The molecule has 0 saturated carbocycles. The summed E-state index contributed by atoms with van der Waals surface area (Å²) in [5.74, 6) is 0. The molecule has 0 aliphatic rings. The van der Waals surface area contributed by atoms with Crippen LogP contribution >= 0.6 is 11.3 Å². The quantitative estimate of drug-likeness (QED) is 0.681. The van der Waals surface area contributed by atoms with Gasteiger partial charge in [-0.2, -0.15) is 0 Å². The van der Waals surface area contributed by atoms with E-state index < -0.39 is 0 Å². The van der Waals surface area contributed by atoms with Crippen LogP contribution < -0.4 is 0 Å². The van der Waals surface area contributed by atoms with E-state index in [1.54, 1.807) is 0 Å². The van der Waals surface area contributed by atoms with E-state index in [4.69, 9.17) is 0 Å². The SMILES string of the molecule is Cc1cccc(-c2ccc(C=O)s2)c1. The molecule has 0 fully saturated rings. The molecule has 0 bridgehead atoms. The van der Waals surface area contributed by atoms with Crippen molar-refractivity contribution in [3.63, 3.8) is 0 Å². The van der Waals surface area contributed by atoms with E-state index >= 15 is 0 Å². The zero-order valence-corrected chi connectivity index (χ0v) is 8.67. The molecule has 0 spiro atoms. The Kier molecular flexibility index (Phi) is 2.46. The van der Waals surface area contributed by atoms with Crippen LogP contribution in [0.25, 0.3) is 10.4 Å². The van der Waals surface area contributed by atoms with Gasteiger partial charge in [0.05, 0.1) is 4.88 Å². The maximum Gasteiger partial charge on any atom is 0.160 e. The summed E-state index contributed by atoms with van der Waals surface area (Å²) in [7, 11) is 0. The first kappa shape index (κ1) is 9.16.